The van der Waals surface area contributed by atoms with E-state index in [1.165, 1.54) is 17.7 Å². The lowest BCUT2D eigenvalue weighted by Gasteiger charge is -1.93. The Bertz CT molecular complexity index is 380. The Kier molecular flexibility index (Phi) is 12.1. The molecule has 0 aliphatic carbocycles. The molecular formula is C13H17N3O. The van der Waals surface area contributed by atoms with E-state index in [1.54, 1.807) is 0 Å². The summed E-state index contributed by atoms with van der Waals surface area (Å²) in [7, 11) is 0. The van der Waals surface area contributed by atoms with E-state index in [9.17, 15) is 0 Å². The zero-order valence-electron chi connectivity index (χ0n) is 10.4. The van der Waals surface area contributed by atoms with E-state index in [2.05, 4.69) is 0 Å². The summed E-state index contributed by atoms with van der Waals surface area (Å²) in [4.78, 5) is 0. The smallest absolute Gasteiger partial charge is 0.210 e. The lowest BCUT2D eigenvalue weighted by Crippen LogP contribution is -1.80. The van der Waals surface area contributed by atoms with Crippen LogP contribution in [0.3, 0.4) is 0 Å². The molecule has 90 valence electrons. The van der Waals surface area contributed by atoms with Gasteiger partial charge in [0.15, 0.2) is 0 Å². The molecule has 0 heterocycles. The third-order valence-corrected chi connectivity index (χ3v) is 1.53. The molecule has 0 aromatic heterocycles. The van der Waals surface area contributed by atoms with E-state index in [-0.39, 0.29) is 6.61 Å². The lowest BCUT2D eigenvalue weighted by atomic mass is 10.2. The van der Waals surface area contributed by atoms with E-state index < -0.39 is 5.71 Å². The maximum absolute atomic E-state index is 8.63. The Morgan fingerprint density at radius 3 is 1.82 bits per heavy atom. The molecule has 1 aromatic carbocycles. The largest absolute Gasteiger partial charge is 0.392 e. The summed E-state index contributed by atoms with van der Waals surface area (Å²) in [5.41, 5.74) is 1.66. The first-order valence-corrected chi connectivity index (χ1v) is 5.19. The van der Waals surface area contributed by atoms with Gasteiger partial charge in [-0.25, -0.2) is 0 Å². The average molecular weight is 231 g/mol. The second kappa shape index (κ2) is 11.9. The third-order valence-electron chi connectivity index (χ3n) is 1.53. The SMILES string of the molecule is CC.Cc1ccc(CO)cc1.N#CC(=N)C#N. The van der Waals surface area contributed by atoms with Gasteiger partial charge in [0, 0.05) is 0 Å². The van der Waals surface area contributed by atoms with Gasteiger partial charge in [0.25, 0.3) is 0 Å². The number of benzene rings is 1. The maximum Gasteiger partial charge on any atom is 0.210 e. The van der Waals surface area contributed by atoms with Crippen molar-refractivity contribution in [2.45, 2.75) is 27.4 Å². The Hall–Kier alpha value is -2.17. The summed E-state index contributed by atoms with van der Waals surface area (Å²) < 4.78 is 0. The summed E-state index contributed by atoms with van der Waals surface area (Å²) in [5.74, 6) is 0. The van der Waals surface area contributed by atoms with E-state index in [0.717, 1.165) is 5.56 Å². The number of aryl methyl sites for hydroxylation is 1. The van der Waals surface area contributed by atoms with E-state index in [4.69, 9.17) is 21.0 Å². The van der Waals surface area contributed by atoms with Crippen molar-refractivity contribution in [1.29, 1.82) is 15.9 Å². The predicted octanol–water partition coefficient (Wildman–Crippen LogP) is 2.57. The molecule has 0 aliphatic rings. The van der Waals surface area contributed by atoms with Crippen molar-refractivity contribution in [2.75, 3.05) is 0 Å². The van der Waals surface area contributed by atoms with Gasteiger partial charge >= 0.3 is 0 Å². The standard InChI is InChI=1S/C8H10O.C3HN3.C2H6/c1-7-2-4-8(6-9)5-3-7;4-1-3(6)2-5;1-2/h2-5,9H,6H2,1H3;6H;1-2H3. The van der Waals surface area contributed by atoms with E-state index in [1.807, 2.05) is 45.0 Å². The molecule has 0 saturated heterocycles. The van der Waals surface area contributed by atoms with Crippen molar-refractivity contribution in [1.82, 2.24) is 0 Å². The third kappa shape index (κ3) is 10.1. The molecule has 4 nitrogen and oxygen atoms in total. The maximum atomic E-state index is 8.63. The minimum absolute atomic E-state index is 0.139. The highest BCUT2D eigenvalue weighted by atomic mass is 16.3. The monoisotopic (exact) mass is 231 g/mol. The average Bonchev–Trinajstić information content (AvgIpc) is 2.41. The van der Waals surface area contributed by atoms with Gasteiger partial charge in [-0.2, -0.15) is 10.5 Å². The second-order valence-electron chi connectivity index (χ2n) is 2.74. The van der Waals surface area contributed by atoms with Gasteiger partial charge in [-0.1, -0.05) is 43.7 Å². The van der Waals surface area contributed by atoms with Crippen molar-refractivity contribution in [3.05, 3.63) is 35.4 Å². The number of aliphatic hydroxyl groups excluding tert-OH is 1. The van der Waals surface area contributed by atoms with Gasteiger partial charge in [-0.15, -0.1) is 0 Å². The molecule has 1 rings (SSSR count). The zero-order chi connectivity index (χ0) is 13.7. The molecule has 0 radical (unpaired) electrons. The normalized spacial score (nSPS) is 7.18. The van der Waals surface area contributed by atoms with Crippen LogP contribution < -0.4 is 0 Å². The summed E-state index contributed by atoms with van der Waals surface area (Å²) >= 11 is 0. The highest BCUT2D eigenvalue weighted by molar-refractivity contribution is 6.07. The predicted molar refractivity (Wildman–Crippen MR) is 67.4 cm³/mol. The first kappa shape index (κ1) is 17.2. The highest BCUT2D eigenvalue weighted by Gasteiger charge is 1.85. The molecule has 2 N–H and O–H groups in total. The van der Waals surface area contributed by atoms with Crippen LogP contribution in [0.5, 0.6) is 0 Å². The first-order valence-electron chi connectivity index (χ1n) is 5.19. The van der Waals surface area contributed by atoms with Crippen LogP contribution in [-0.2, 0) is 6.61 Å². The Labute approximate surface area is 102 Å². The van der Waals surface area contributed by atoms with Crippen LogP contribution in [0.25, 0.3) is 0 Å². The van der Waals surface area contributed by atoms with Crippen molar-refractivity contribution in [3.8, 4) is 12.1 Å². The molecule has 0 unspecified atom stereocenters. The summed E-state index contributed by atoms with van der Waals surface area (Å²) in [6.45, 7) is 6.17. The Balaban J connectivity index is 0. The van der Waals surface area contributed by atoms with Crippen LogP contribution in [0.4, 0.5) is 0 Å². The molecule has 17 heavy (non-hydrogen) atoms. The van der Waals surface area contributed by atoms with Crippen LogP contribution in [0.15, 0.2) is 24.3 Å². The van der Waals surface area contributed by atoms with Crippen molar-refractivity contribution in [3.63, 3.8) is 0 Å². The Morgan fingerprint density at radius 2 is 1.59 bits per heavy atom. The summed E-state index contributed by atoms with van der Waals surface area (Å²) in [6, 6.07) is 10.5. The number of nitrogens with zero attached hydrogens (tertiary/aromatic N) is 2. The van der Waals surface area contributed by atoms with Crippen LogP contribution >= 0.6 is 0 Å². The fourth-order valence-electron chi connectivity index (χ4n) is 0.718. The van der Waals surface area contributed by atoms with Gasteiger partial charge in [0.2, 0.25) is 5.71 Å². The second-order valence-corrected chi connectivity index (χ2v) is 2.74. The minimum Gasteiger partial charge on any atom is -0.392 e. The topological polar surface area (TPSA) is 91.7 Å². The number of nitrogens with one attached hydrogen (secondary N) is 1. The molecule has 0 saturated carbocycles. The molecule has 0 atom stereocenters. The lowest BCUT2D eigenvalue weighted by molar-refractivity contribution is 0.282. The van der Waals surface area contributed by atoms with Gasteiger partial charge < -0.3 is 5.11 Å². The Morgan fingerprint density at radius 1 is 1.18 bits per heavy atom. The van der Waals surface area contributed by atoms with Gasteiger partial charge in [0.05, 0.1) is 6.61 Å². The van der Waals surface area contributed by atoms with Crippen LogP contribution in [0.2, 0.25) is 0 Å². The van der Waals surface area contributed by atoms with E-state index in [0.29, 0.717) is 0 Å². The molecule has 0 spiro atoms. The van der Waals surface area contributed by atoms with Gasteiger partial charge in [0.1, 0.15) is 12.1 Å². The fourth-order valence-corrected chi connectivity index (χ4v) is 0.718. The van der Waals surface area contributed by atoms with Gasteiger partial charge in [-0.3, -0.25) is 5.41 Å². The van der Waals surface area contributed by atoms with Crippen LogP contribution in [0.1, 0.15) is 25.0 Å². The van der Waals surface area contributed by atoms with Crippen molar-refractivity contribution >= 4 is 5.71 Å². The first-order chi connectivity index (χ1) is 8.13. The molecule has 0 amide bonds. The molecule has 0 fully saturated rings. The summed E-state index contributed by atoms with van der Waals surface area (Å²) in [5, 5.41) is 30.2. The molecule has 1 aromatic rings. The minimum atomic E-state index is -0.546. The number of aliphatic hydroxyl groups is 1. The highest BCUT2D eigenvalue weighted by Crippen LogP contribution is 2.01. The van der Waals surface area contributed by atoms with E-state index >= 15 is 0 Å². The van der Waals surface area contributed by atoms with Crippen LogP contribution in [0, 0.1) is 35.0 Å². The number of hydrogen-bond acceptors (Lipinski definition) is 4. The molecule has 0 bridgehead atoms. The molecule has 4 heteroatoms. The number of rotatable bonds is 1. The molecular weight excluding hydrogens is 214 g/mol. The zero-order valence-corrected chi connectivity index (χ0v) is 10.4. The fraction of sp³-hybridized carbons (Fsp3) is 0.308. The molecule has 0 aliphatic heterocycles. The van der Waals surface area contributed by atoms with Crippen LogP contribution in [-0.4, -0.2) is 10.8 Å². The number of hydrogen-bond donors (Lipinski definition) is 2. The number of nitriles is 2. The van der Waals surface area contributed by atoms with Crippen molar-refractivity contribution in [2.24, 2.45) is 0 Å². The van der Waals surface area contributed by atoms with Gasteiger partial charge in [-0.05, 0) is 12.5 Å². The summed E-state index contributed by atoms with van der Waals surface area (Å²) in [6.07, 6.45) is 0. The van der Waals surface area contributed by atoms with Crippen molar-refractivity contribution < 1.29 is 5.11 Å². The quantitative estimate of drug-likeness (QED) is 0.727.